The molecule has 2 aromatic rings. The lowest BCUT2D eigenvalue weighted by Gasteiger charge is -2.11. The van der Waals surface area contributed by atoms with Gasteiger partial charge in [-0.25, -0.2) is 4.79 Å². The highest BCUT2D eigenvalue weighted by molar-refractivity contribution is 5.87. The lowest BCUT2D eigenvalue weighted by Crippen LogP contribution is -2.17. The first kappa shape index (κ1) is 12.1. The molecule has 0 bridgehead atoms. The molecule has 0 saturated heterocycles. The number of carbonyl (C=O) groups is 1. The van der Waals surface area contributed by atoms with Crippen LogP contribution in [0.1, 0.15) is 27.7 Å². The van der Waals surface area contributed by atoms with Crippen molar-refractivity contribution in [2.24, 2.45) is 0 Å². The summed E-state index contributed by atoms with van der Waals surface area (Å²) in [5.74, 6) is -1.29. The van der Waals surface area contributed by atoms with E-state index in [4.69, 9.17) is 5.11 Å². The average molecular weight is 245 g/mol. The molecule has 3 N–H and O–H groups in total. The Morgan fingerprint density at radius 1 is 1.22 bits per heavy atom. The largest absolute Gasteiger partial charge is 0.477 e. The van der Waals surface area contributed by atoms with Gasteiger partial charge in [-0.1, -0.05) is 30.3 Å². The molecule has 1 aromatic heterocycles. The molecule has 0 spiro atoms. The summed E-state index contributed by atoms with van der Waals surface area (Å²) in [7, 11) is 0. The van der Waals surface area contributed by atoms with Gasteiger partial charge in [-0.2, -0.15) is 0 Å². The van der Waals surface area contributed by atoms with Crippen molar-refractivity contribution >= 4 is 5.97 Å². The minimum Gasteiger partial charge on any atom is -0.477 e. The van der Waals surface area contributed by atoms with Gasteiger partial charge in [0.25, 0.3) is 0 Å². The normalized spacial score (nSPS) is 12.1. The van der Waals surface area contributed by atoms with Crippen LogP contribution in [0, 0.1) is 0 Å². The maximum Gasteiger partial charge on any atom is 0.341 e. The molecule has 1 atom stereocenters. The number of rotatable bonds is 3. The van der Waals surface area contributed by atoms with E-state index in [1.54, 1.807) is 24.3 Å². The number of carboxylic acid groups (broad SMARTS) is 1. The van der Waals surface area contributed by atoms with Crippen molar-refractivity contribution in [2.45, 2.75) is 6.10 Å². The Kier molecular flexibility index (Phi) is 3.25. The molecule has 0 aliphatic heterocycles. The molecular weight excluding hydrogens is 234 g/mol. The first-order valence-corrected chi connectivity index (χ1v) is 5.28. The van der Waals surface area contributed by atoms with Crippen LogP contribution in [0.3, 0.4) is 0 Å². The summed E-state index contributed by atoms with van der Waals surface area (Å²) in [6.07, 6.45) is 0.105. The zero-order chi connectivity index (χ0) is 13.1. The third-order valence-corrected chi connectivity index (χ3v) is 2.58. The van der Waals surface area contributed by atoms with Crippen molar-refractivity contribution in [3.63, 3.8) is 0 Å². The van der Waals surface area contributed by atoms with E-state index in [-0.39, 0.29) is 11.3 Å². The first-order valence-electron chi connectivity index (χ1n) is 5.28. The van der Waals surface area contributed by atoms with Crippen LogP contribution in [0.5, 0.6) is 0 Å². The Morgan fingerprint density at radius 3 is 2.44 bits per heavy atom. The Bertz CT molecular complexity index is 618. The van der Waals surface area contributed by atoms with Crippen LogP contribution in [0.4, 0.5) is 0 Å². The highest BCUT2D eigenvalue weighted by Crippen LogP contribution is 2.18. The van der Waals surface area contributed by atoms with Gasteiger partial charge in [-0.05, 0) is 5.56 Å². The molecule has 1 heterocycles. The van der Waals surface area contributed by atoms with Crippen molar-refractivity contribution < 1.29 is 15.0 Å². The topological polar surface area (TPSA) is 90.4 Å². The molecule has 0 saturated carbocycles. The average Bonchev–Trinajstić information content (AvgIpc) is 2.38. The third-order valence-electron chi connectivity index (χ3n) is 2.58. The summed E-state index contributed by atoms with van der Waals surface area (Å²) in [5, 5.41) is 18.8. The van der Waals surface area contributed by atoms with Gasteiger partial charge in [0.15, 0.2) is 5.43 Å². The maximum absolute atomic E-state index is 11.5. The number of aromatic carboxylic acids is 1. The standard InChI is InChI=1S/C13H11NO4/c15-11-6-10(14-7-9(11)13(17)18)12(16)8-4-2-1-3-5-8/h1-7,12,16H,(H,14,15)(H,17,18)/t12-/m0/s1. The maximum atomic E-state index is 11.5. The van der Waals surface area contributed by atoms with Crippen LogP contribution in [-0.4, -0.2) is 21.2 Å². The van der Waals surface area contributed by atoms with Crippen LogP contribution < -0.4 is 5.43 Å². The molecule has 5 nitrogen and oxygen atoms in total. The SMILES string of the molecule is O=C(O)c1c[nH]c([C@@H](O)c2ccccc2)cc1=O. The van der Waals surface area contributed by atoms with Gasteiger partial charge >= 0.3 is 5.97 Å². The Labute approximate surface area is 102 Å². The van der Waals surface area contributed by atoms with Crippen molar-refractivity contribution in [1.82, 2.24) is 4.98 Å². The van der Waals surface area contributed by atoms with Gasteiger partial charge in [0, 0.05) is 12.3 Å². The predicted octanol–water partition coefficient (Wildman–Crippen LogP) is 1.15. The number of aromatic amines is 1. The van der Waals surface area contributed by atoms with Gasteiger partial charge < -0.3 is 15.2 Å². The van der Waals surface area contributed by atoms with E-state index in [2.05, 4.69) is 4.98 Å². The number of nitrogens with one attached hydrogen (secondary N) is 1. The third kappa shape index (κ3) is 2.31. The molecule has 0 aliphatic carbocycles. The van der Waals surface area contributed by atoms with E-state index in [9.17, 15) is 14.7 Å². The molecule has 0 amide bonds. The predicted molar refractivity (Wildman–Crippen MR) is 64.5 cm³/mol. The van der Waals surface area contributed by atoms with Crippen molar-refractivity contribution in [3.8, 4) is 0 Å². The van der Waals surface area contributed by atoms with Gasteiger partial charge in [0.2, 0.25) is 0 Å². The van der Waals surface area contributed by atoms with Crippen LogP contribution in [-0.2, 0) is 0 Å². The number of carboxylic acids is 1. The van der Waals surface area contributed by atoms with Gasteiger partial charge in [-0.3, -0.25) is 4.79 Å². The number of aromatic nitrogens is 1. The monoisotopic (exact) mass is 245 g/mol. The molecule has 0 radical (unpaired) electrons. The van der Waals surface area contributed by atoms with Crippen molar-refractivity contribution in [2.75, 3.05) is 0 Å². The molecule has 5 heteroatoms. The second-order valence-electron chi connectivity index (χ2n) is 3.78. The number of H-pyrrole nitrogens is 1. The molecule has 0 fully saturated rings. The molecule has 0 unspecified atom stereocenters. The van der Waals surface area contributed by atoms with E-state index in [0.717, 1.165) is 12.3 Å². The van der Waals surface area contributed by atoms with E-state index < -0.39 is 17.5 Å². The fourth-order valence-electron chi connectivity index (χ4n) is 1.63. The number of aliphatic hydroxyl groups excluding tert-OH is 1. The first-order chi connectivity index (χ1) is 8.59. The Balaban J connectivity index is 2.39. The summed E-state index contributed by atoms with van der Waals surface area (Å²) in [4.78, 5) is 24.8. The quantitative estimate of drug-likeness (QED) is 0.756. The molecule has 0 aliphatic rings. The summed E-state index contributed by atoms with van der Waals surface area (Å²) < 4.78 is 0. The molecule has 1 aromatic carbocycles. The summed E-state index contributed by atoms with van der Waals surface area (Å²) >= 11 is 0. The number of aliphatic hydroxyl groups is 1. The van der Waals surface area contributed by atoms with Crippen LogP contribution >= 0.6 is 0 Å². The highest BCUT2D eigenvalue weighted by Gasteiger charge is 2.14. The Morgan fingerprint density at radius 2 is 1.89 bits per heavy atom. The molecule has 92 valence electrons. The summed E-state index contributed by atoms with van der Waals surface area (Å²) in [6, 6.07) is 9.88. The minimum absolute atomic E-state index is 0.260. The van der Waals surface area contributed by atoms with E-state index in [0.29, 0.717) is 5.56 Å². The molecular formula is C13H11NO4. The molecule has 18 heavy (non-hydrogen) atoms. The highest BCUT2D eigenvalue weighted by atomic mass is 16.4. The second kappa shape index (κ2) is 4.85. The summed E-state index contributed by atoms with van der Waals surface area (Å²) in [6.45, 7) is 0. The van der Waals surface area contributed by atoms with Crippen molar-refractivity contribution in [3.05, 3.63) is 69.6 Å². The van der Waals surface area contributed by atoms with Crippen LogP contribution in [0.15, 0.2) is 47.4 Å². The van der Waals surface area contributed by atoms with Gasteiger partial charge in [0.05, 0.1) is 5.69 Å². The van der Waals surface area contributed by atoms with E-state index >= 15 is 0 Å². The second-order valence-corrected chi connectivity index (χ2v) is 3.78. The zero-order valence-corrected chi connectivity index (χ0v) is 9.33. The lowest BCUT2D eigenvalue weighted by molar-refractivity contribution is 0.0694. The minimum atomic E-state index is -1.29. The van der Waals surface area contributed by atoms with Gasteiger partial charge in [0.1, 0.15) is 11.7 Å². The number of benzene rings is 1. The van der Waals surface area contributed by atoms with Crippen LogP contribution in [0.2, 0.25) is 0 Å². The fourth-order valence-corrected chi connectivity index (χ4v) is 1.63. The van der Waals surface area contributed by atoms with E-state index in [1.165, 1.54) is 0 Å². The lowest BCUT2D eigenvalue weighted by atomic mass is 10.1. The van der Waals surface area contributed by atoms with Crippen molar-refractivity contribution in [1.29, 1.82) is 0 Å². The number of hydrogen-bond acceptors (Lipinski definition) is 3. The number of hydrogen-bond donors (Lipinski definition) is 3. The number of pyridine rings is 1. The smallest absolute Gasteiger partial charge is 0.341 e. The Hall–Kier alpha value is -2.40. The molecule has 2 rings (SSSR count). The fraction of sp³-hybridized carbons (Fsp3) is 0.0769. The summed E-state index contributed by atoms with van der Waals surface area (Å²) in [5.41, 5.74) is -0.0994. The zero-order valence-electron chi connectivity index (χ0n) is 9.33. The van der Waals surface area contributed by atoms with Gasteiger partial charge in [-0.15, -0.1) is 0 Å². The van der Waals surface area contributed by atoms with E-state index in [1.807, 2.05) is 6.07 Å². The van der Waals surface area contributed by atoms with Crippen LogP contribution in [0.25, 0.3) is 0 Å².